The van der Waals surface area contributed by atoms with Gasteiger partial charge in [0.15, 0.2) is 0 Å². The van der Waals surface area contributed by atoms with Crippen molar-refractivity contribution in [1.82, 2.24) is 0 Å². The quantitative estimate of drug-likeness (QED) is 0.324. The van der Waals surface area contributed by atoms with Crippen LogP contribution in [0.15, 0.2) is 30.3 Å². The number of anilines is 1. The van der Waals surface area contributed by atoms with Gasteiger partial charge in [0.2, 0.25) is 0 Å². The number of para-hydroxylation sites is 1. The van der Waals surface area contributed by atoms with Gasteiger partial charge in [-0.2, -0.15) is 0 Å². The van der Waals surface area contributed by atoms with E-state index < -0.39 is 0 Å². The summed E-state index contributed by atoms with van der Waals surface area (Å²) in [5, 5.41) is 1.03. The standard InChI is InChI=1S/C8H9ClN2O/c9-6-8(12)11(10)7-4-2-1-3-5-7/h1-5H,6,10H2. The molecule has 0 atom stereocenters. The van der Waals surface area contributed by atoms with Crippen molar-refractivity contribution < 1.29 is 4.79 Å². The van der Waals surface area contributed by atoms with Crippen molar-refractivity contribution in [3.8, 4) is 0 Å². The van der Waals surface area contributed by atoms with Crippen molar-refractivity contribution in [2.75, 3.05) is 10.9 Å². The lowest BCUT2D eigenvalue weighted by Gasteiger charge is -2.14. The Bertz CT molecular complexity index is 263. The minimum absolute atomic E-state index is 0.106. The molecule has 0 saturated carbocycles. The number of alkyl halides is 1. The molecule has 0 bridgehead atoms. The van der Waals surface area contributed by atoms with Gasteiger partial charge in [-0.25, -0.2) is 10.9 Å². The molecule has 64 valence electrons. The maximum Gasteiger partial charge on any atom is 0.256 e. The molecule has 12 heavy (non-hydrogen) atoms. The maximum absolute atomic E-state index is 11.0. The predicted octanol–water partition coefficient (Wildman–Crippen LogP) is 1.13. The van der Waals surface area contributed by atoms with Crippen LogP contribution in [0, 0.1) is 0 Å². The molecule has 1 aromatic rings. The number of hydrogen-bond acceptors (Lipinski definition) is 2. The molecule has 1 rings (SSSR count). The second kappa shape index (κ2) is 4.09. The molecule has 4 heteroatoms. The molecule has 0 radical (unpaired) electrons. The molecule has 0 aliphatic carbocycles. The number of carbonyl (C=O) groups is 1. The second-order valence-electron chi connectivity index (χ2n) is 2.23. The van der Waals surface area contributed by atoms with E-state index in [4.69, 9.17) is 17.4 Å². The summed E-state index contributed by atoms with van der Waals surface area (Å²) < 4.78 is 0. The molecule has 0 aliphatic heterocycles. The second-order valence-corrected chi connectivity index (χ2v) is 2.50. The minimum Gasteiger partial charge on any atom is -0.272 e. The molecule has 0 heterocycles. The predicted molar refractivity (Wildman–Crippen MR) is 48.8 cm³/mol. The van der Waals surface area contributed by atoms with Crippen molar-refractivity contribution in [3.05, 3.63) is 30.3 Å². The fraction of sp³-hybridized carbons (Fsp3) is 0.125. The van der Waals surface area contributed by atoms with Crippen LogP contribution >= 0.6 is 11.6 Å². The normalized spacial score (nSPS) is 9.50. The zero-order valence-electron chi connectivity index (χ0n) is 6.40. The summed E-state index contributed by atoms with van der Waals surface area (Å²) in [4.78, 5) is 11.0. The van der Waals surface area contributed by atoms with E-state index in [0.717, 1.165) is 5.01 Å². The van der Waals surface area contributed by atoms with Crippen molar-refractivity contribution in [1.29, 1.82) is 0 Å². The smallest absolute Gasteiger partial charge is 0.256 e. The van der Waals surface area contributed by atoms with Gasteiger partial charge in [-0.3, -0.25) is 4.79 Å². The van der Waals surface area contributed by atoms with Gasteiger partial charge in [-0.15, -0.1) is 11.6 Å². The zero-order chi connectivity index (χ0) is 8.97. The highest BCUT2D eigenvalue weighted by Crippen LogP contribution is 2.09. The van der Waals surface area contributed by atoms with E-state index in [2.05, 4.69) is 0 Å². The van der Waals surface area contributed by atoms with E-state index in [-0.39, 0.29) is 11.8 Å². The lowest BCUT2D eigenvalue weighted by atomic mass is 10.3. The first-order valence-electron chi connectivity index (χ1n) is 3.44. The zero-order valence-corrected chi connectivity index (χ0v) is 7.16. The molecular weight excluding hydrogens is 176 g/mol. The third-order valence-corrected chi connectivity index (χ3v) is 1.65. The van der Waals surface area contributed by atoms with Crippen molar-refractivity contribution in [3.63, 3.8) is 0 Å². The molecule has 2 N–H and O–H groups in total. The number of amides is 1. The average Bonchev–Trinajstić information content (AvgIpc) is 2.17. The molecule has 0 aliphatic rings. The molecule has 0 fully saturated rings. The number of nitrogens with two attached hydrogens (primary N) is 1. The Kier molecular flexibility index (Phi) is 3.08. The van der Waals surface area contributed by atoms with E-state index in [0.29, 0.717) is 5.69 Å². The third-order valence-electron chi connectivity index (χ3n) is 1.42. The van der Waals surface area contributed by atoms with E-state index in [1.54, 1.807) is 24.3 Å². The summed E-state index contributed by atoms with van der Waals surface area (Å²) in [5.74, 6) is 5.03. The first-order valence-corrected chi connectivity index (χ1v) is 3.98. The molecule has 0 aromatic heterocycles. The molecule has 1 aromatic carbocycles. The lowest BCUT2D eigenvalue weighted by Crippen LogP contribution is -2.38. The first-order chi connectivity index (χ1) is 5.75. The van der Waals surface area contributed by atoms with Gasteiger partial charge in [0.25, 0.3) is 5.91 Å². The molecular formula is C8H9ClN2O. The highest BCUT2D eigenvalue weighted by atomic mass is 35.5. The highest BCUT2D eigenvalue weighted by molar-refractivity contribution is 6.29. The maximum atomic E-state index is 11.0. The van der Waals surface area contributed by atoms with Gasteiger partial charge >= 0.3 is 0 Å². The minimum atomic E-state index is -0.317. The number of nitrogens with zero attached hydrogens (tertiary/aromatic N) is 1. The Morgan fingerprint density at radius 3 is 2.50 bits per heavy atom. The monoisotopic (exact) mass is 184 g/mol. The van der Waals surface area contributed by atoms with Gasteiger partial charge in [0.1, 0.15) is 5.88 Å². The van der Waals surface area contributed by atoms with Crippen LogP contribution in [0.25, 0.3) is 0 Å². The number of carbonyl (C=O) groups excluding carboxylic acids is 1. The molecule has 1 amide bonds. The summed E-state index contributed by atoms with van der Waals surface area (Å²) in [7, 11) is 0. The number of hydrogen-bond donors (Lipinski definition) is 1. The Balaban J connectivity index is 2.78. The lowest BCUT2D eigenvalue weighted by molar-refractivity contribution is -0.116. The van der Waals surface area contributed by atoms with Gasteiger partial charge < -0.3 is 0 Å². The first kappa shape index (κ1) is 9.03. The van der Waals surface area contributed by atoms with E-state index in [9.17, 15) is 4.79 Å². The SMILES string of the molecule is NN(C(=O)CCl)c1ccccc1. The average molecular weight is 185 g/mol. The molecule has 0 saturated heterocycles. The largest absolute Gasteiger partial charge is 0.272 e. The number of hydrazine groups is 1. The van der Waals surface area contributed by atoms with Crippen LogP contribution in [0.5, 0.6) is 0 Å². The van der Waals surface area contributed by atoms with Crippen LogP contribution in [-0.4, -0.2) is 11.8 Å². The Morgan fingerprint density at radius 2 is 2.00 bits per heavy atom. The summed E-state index contributed by atoms with van der Waals surface area (Å²) in [5.41, 5.74) is 0.642. The Labute approximate surface area is 75.7 Å². The van der Waals surface area contributed by atoms with Crippen molar-refractivity contribution in [2.45, 2.75) is 0 Å². The van der Waals surface area contributed by atoms with E-state index >= 15 is 0 Å². The van der Waals surface area contributed by atoms with Gasteiger partial charge in [-0.05, 0) is 12.1 Å². The van der Waals surface area contributed by atoms with Crippen molar-refractivity contribution >= 4 is 23.2 Å². The molecule has 0 unspecified atom stereocenters. The van der Waals surface area contributed by atoms with Crippen LogP contribution < -0.4 is 10.9 Å². The van der Waals surface area contributed by atoms with E-state index in [1.165, 1.54) is 0 Å². The van der Waals surface area contributed by atoms with Crippen LogP contribution in [0.3, 0.4) is 0 Å². The molecule has 0 spiro atoms. The van der Waals surface area contributed by atoms with Crippen LogP contribution in [-0.2, 0) is 4.79 Å². The number of rotatable bonds is 2. The van der Waals surface area contributed by atoms with Crippen LogP contribution in [0.2, 0.25) is 0 Å². The van der Waals surface area contributed by atoms with Gasteiger partial charge in [0.05, 0.1) is 5.69 Å². The van der Waals surface area contributed by atoms with Crippen LogP contribution in [0.4, 0.5) is 5.69 Å². The Morgan fingerprint density at radius 1 is 1.42 bits per heavy atom. The summed E-state index contributed by atoms with van der Waals surface area (Å²) in [6, 6.07) is 8.94. The van der Waals surface area contributed by atoms with Crippen LogP contribution in [0.1, 0.15) is 0 Å². The van der Waals surface area contributed by atoms with Gasteiger partial charge in [0, 0.05) is 0 Å². The summed E-state index contributed by atoms with van der Waals surface area (Å²) in [6.07, 6.45) is 0. The van der Waals surface area contributed by atoms with Gasteiger partial charge in [-0.1, -0.05) is 18.2 Å². The van der Waals surface area contributed by atoms with Crippen molar-refractivity contribution in [2.24, 2.45) is 5.84 Å². The Hall–Kier alpha value is -1.06. The summed E-state index contributed by atoms with van der Waals surface area (Å²) >= 11 is 5.33. The fourth-order valence-corrected chi connectivity index (χ4v) is 0.926. The number of benzene rings is 1. The summed E-state index contributed by atoms with van der Waals surface area (Å²) in [6.45, 7) is 0. The topological polar surface area (TPSA) is 46.3 Å². The third kappa shape index (κ3) is 1.96. The molecule has 3 nitrogen and oxygen atoms in total. The number of halogens is 1. The highest BCUT2D eigenvalue weighted by Gasteiger charge is 2.08. The van der Waals surface area contributed by atoms with E-state index in [1.807, 2.05) is 6.07 Å². The fourth-order valence-electron chi connectivity index (χ4n) is 0.797.